The molecule has 0 radical (unpaired) electrons. The van der Waals surface area contributed by atoms with Gasteiger partial charge in [-0.15, -0.1) is 0 Å². The second kappa shape index (κ2) is 5.80. The van der Waals surface area contributed by atoms with Crippen molar-refractivity contribution in [2.24, 2.45) is 0 Å². The van der Waals surface area contributed by atoms with Crippen LogP contribution in [-0.2, 0) is 11.2 Å². The third-order valence-corrected chi connectivity index (χ3v) is 3.06. The average molecular weight is 277 g/mol. The molecule has 1 aromatic heterocycles. The Kier molecular flexibility index (Phi) is 4.12. The number of halogens is 1. The molecule has 0 aliphatic heterocycles. The van der Waals surface area contributed by atoms with E-state index in [1.165, 1.54) is 0 Å². The van der Waals surface area contributed by atoms with Crippen molar-refractivity contribution in [3.63, 3.8) is 0 Å². The van der Waals surface area contributed by atoms with E-state index in [1.807, 2.05) is 31.2 Å². The molecule has 0 fully saturated rings. The first-order valence-corrected chi connectivity index (χ1v) is 6.24. The van der Waals surface area contributed by atoms with Gasteiger partial charge in [0.2, 0.25) is 0 Å². The quantitative estimate of drug-likeness (QED) is 0.872. The summed E-state index contributed by atoms with van der Waals surface area (Å²) < 4.78 is 0. The zero-order valence-electron chi connectivity index (χ0n) is 10.4. The van der Waals surface area contributed by atoms with Crippen molar-refractivity contribution in [3.05, 3.63) is 46.7 Å². The van der Waals surface area contributed by atoms with Crippen LogP contribution in [0.2, 0.25) is 5.15 Å². The topological polar surface area (TPSA) is 63.1 Å². The molecule has 1 aromatic carbocycles. The monoisotopic (exact) mass is 276 g/mol. The van der Waals surface area contributed by atoms with E-state index < -0.39 is 5.97 Å². The molecule has 0 atom stereocenters. The van der Waals surface area contributed by atoms with Gasteiger partial charge in [0.1, 0.15) is 5.15 Å². The van der Waals surface area contributed by atoms with Crippen LogP contribution < -0.4 is 0 Å². The van der Waals surface area contributed by atoms with E-state index >= 15 is 0 Å². The van der Waals surface area contributed by atoms with Crippen molar-refractivity contribution in [2.45, 2.75) is 19.8 Å². The number of carbonyl (C=O) groups is 1. The molecule has 0 saturated heterocycles. The SMILES string of the molecule is Cc1ccc(-c2ncc(CCC(=O)O)c(Cl)n2)cc1. The van der Waals surface area contributed by atoms with Gasteiger partial charge < -0.3 is 5.11 Å². The van der Waals surface area contributed by atoms with Crippen LogP contribution >= 0.6 is 11.6 Å². The highest BCUT2D eigenvalue weighted by atomic mass is 35.5. The fourth-order valence-corrected chi connectivity index (χ4v) is 1.86. The number of nitrogens with zero attached hydrogens (tertiary/aromatic N) is 2. The second-order valence-corrected chi connectivity index (χ2v) is 4.63. The van der Waals surface area contributed by atoms with Gasteiger partial charge >= 0.3 is 5.97 Å². The highest BCUT2D eigenvalue weighted by molar-refractivity contribution is 6.30. The predicted octanol–water partition coefficient (Wildman–Crippen LogP) is 3.12. The summed E-state index contributed by atoms with van der Waals surface area (Å²) in [6, 6.07) is 7.81. The molecule has 0 spiro atoms. The van der Waals surface area contributed by atoms with Gasteiger partial charge in [-0.1, -0.05) is 41.4 Å². The molecule has 0 amide bonds. The van der Waals surface area contributed by atoms with E-state index in [9.17, 15) is 4.79 Å². The van der Waals surface area contributed by atoms with E-state index in [-0.39, 0.29) is 6.42 Å². The maximum absolute atomic E-state index is 10.5. The molecule has 1 heterocycles. The lowest BCUT2D eigenvalue weighted by Crippen LogP contribution is -2.00. The van der Waals surface area contributed by atoms with Gasteiger partial charge in [-0.25, -0.2) is 9.97 Å². The van der Waals surface area contributed by atoms with Crippen molar-refractivity contribution < 1.29 is 9.90 Å². The summed E-state index contributed by atoms with van der Waals surface area (Å²) in [6.07, 6.45) is 1.95. The van der Waals surface area contributed by atoms with Crippen molar-refractivity contribution >= 4 is 17.6 Å². The van der Waals surface area contributed by atoms with E-state index in [0.717, 1.165) is 11.1 Å². The molecule has 5 heteroatoms. The first kappa shape index (κ1) is 13.5. The van der Waals surface area contributed by atoms with Gasteiger partial charge in [-0.2, -0.15) is 0 Å². The largest absolute Gasteiger partial charge is 0.481 e. The maximum atomic E-state index is 10.5. The zero-order chi connectivity index (χ0) is 13.8. The van der Waals surface area contributed by atoms with Crippen molar-refractivity contribution in [1.29, 1.82) is 0 Å². The molecule has 0 aliphatic carbocycles. The maximum Gasteiger partial charge on any atom is 0.303 e. The summed E-state index contributed by atoms with van der Waals surface area (Å²) in [4.78, 5) is 19.0. The average Bonchev–Trinajstić information content (AvgIpc) is 2.38. The minimum absolute atomic E-state index is 0.0208. The first-order chi connectivity index (χ1) is 9.06. The van der Waals surface area contributed by atoms with Crippen LogP contribution in [0.3, 0.4) is 0 Å². The molecule has 19 heavy (non-hydrogen) atoms. The van der Waals surface area contributed by atoms with Crippen LogP contribution in [0, 0.1) is 6.92 Å². The van der Waals surface area contributed by atoms with Gasteiger partial charge in [0.05, 0.1) is 0 Å². The molecule has 2 aromatic rings. The number of benzene rings is 1. The molecule has 2 rings (SSSR count). The fraction of sp³-hybridized carbons (Fsp3) is 0.214. The number of carboxylic acids is 1. The van der Waals surface area contributed by atoms with Gasteiger partial charge in [-0.3, -0.25) is 4.79 Å². The van der Waals surface area contributed by atoms with E-state index in [1.54, 1.807) is 6.20 Å². The normalized spacial score (nSPS) is 10.4. The number of aryl methyl sites for hydroxylation is 2. The Morgan fingerprint density at radius 3 is 2.58 bits per heavy atom. The lowest BCUT2D eigenvalue weighted by molar-refractivity contribution is -0.136. The Labute approximate surface area is 116 Å². The van der Waals surface area contributed by atoms with Crippen LogP contribution in [0.15, 0.2) is 30.5 Å². The third kappa shape index (κ3) is 3.51. The highest BCUT2D eigenvalue weighted by Gasteiger charge is 2.08. The minimum atomic E-state index is -0.862. The van der Waals surface area contributed by atoms with Gasteiger partial charge in [0.15, 0.2) is 5.82 Å². The first-order valence-electron chi connectivity index (χ1n) is 5.86. The molecule has 0 aliphatic rings. The lowest BCUT2D eigenvalue weighted by Gasteiger charge is -2.05. The number of aliphatic carboxylic acids is 1. The fourth-order valence-electron chi connectivity index (χ4n) is 1.64. The number of carboxylic acid groups (broad SMARTS) is 1. The van der Waals surface area contributed by atoms with Crippen LogP contribution in [0.25, 0.3) is 11.4 Å². The molecule has 98 valence electrons. The molecule has 0 bridgehead atoms. The Bertz CT molecular complexity index is 597. The van der Waals surface area contributed by atoms with Crippen LogP contribution in [-0.4, -0.2) is 21.0 Å². The van der Waals surface area contributed by atoms with E-state index in [4.69, 9.17) is 16.7 Å². The summed E-state index contributed by atoms with van der Waals surface area (Å²) in [5.41, 5.74) is 2.70. The zero-order valence-corrected chi connectivity index (χ0v) is 11.2. The van der Waals surface area contributed by atoms with Gasteiger partial charge in [-0.05, 0) is 13.3 Å². The van der Waals surface area contributed by atoms with Crippen molar-refractivity contribution in [2.75, 3.05) is 0 Å². The summed E-state index contributed by atoms with van der Waals surface area (Å²) >= 11 is 6.05. The molecule has 0 saturated carbocycles. The Hall–Kier alpha value is -1.94. The van der Waals surface area contributed by atoms with Crippen LogP contribution in [0.5, 0.6) is 0 Å². The van der Waals surface area contributed by atoms with Crippen molar-refractivity contribution in [3.8, 4) is 11.4 Å². The molecule has 4 nitrogen and oxygen atoms in total. The molecule has 1 N–H and O–H groups in total. The summed E-state index contributed by atoms with van der Waals surface area (Å²) in [5.74, 6) is -0.317. The number of hydrogen-bond acceptors (Lipinski definition) is 3. The summed E-state index contributed by atoms with van der Waals surface area (Å²) in [6.45, 7) is 2.01. The van der Waals surface area contributed by atoms with Crippen LogP contribution in [0.4, 0.5) is 0 Å². The minimum Gasteiger partial charge on any atom is -0.481 e. The number of rotatable bonds is 4. The molecular formula is C14H13ClN2O2. The molecule has 0 unspecified atom stereocenters. The van der Waals surface area contributed by atoms with Gasteiger partial charge in [0.25, 0.3) is 0 Å². The lowest BCUT2D eigenvalue weighted by atomic mass is 10.1. The standard InChI is InChI=1S/C14H13ClN2O2/c1-9-2-4-10(5-3-9)14-16-8-11(13(15)17-14)6-7-12(18)19/h2-5,8H,6-7H2,1H3,(H,18,19). The second-order valence-electron chi connectivity index (χ2n) is 4.27. The van der Waals surface area contributed by atoms with E-state index in [0.29, 0.717) is 23.0 Å². The summed E-state index contributed by atoms with van der Waals surface area (Å²) in [7, 11) is 0. The predicted molar refractivity (Wildman–Crippen MR) is 73.2 cm³/mol. The number of aromatic nitrogens is 2. The van der Waals surface area contributed by atoms with Crippen LogP contribution in [0.1, 0.15) is 17.5 Å². The van der Waals surface area contributed by atoms with E-state index in [2.05, 4.69) is 9.97 Å². The Morgan fingerprint density at radius 1 is 1.32 bits per heavy atom. The smallest absolute Gasteiger partial charge is 0.303 e. The highest BCUT2D eigenvalue weighted by Crippen LogP contribution is 2.20. The van der Waals surface area contributed by atoms with Gasteiger partial charge in [0, 0.05) is 23.7 Å². The summed E-state index contributed by atoms with van der Waals surface area (Å²) in [5, 5.41) is 8.95. The Morgan fingerprint density at radius 2 is 2.00 bits per heavy atom. The number of hydrogen-bond donors (Lipinski definition) is 1. The van der Waals surface area contributed by atoms with Crippen molar-refractivity contribution in [1.82, 2.24) is 9.97 Å². The Balaban J connectivity index is 2.23. The third-order valence-electron chi connectivity index (χ3n) is 2.73. The molecular weight excluding hydrogens is 264 g/mol.